The van der Waals surface area contributed by atoms with Gasteiger partial charge in [-0.3, -0.25) is 0 Å². The summed E-state index contributed by atoms with van der Waals surface area (Å²) in [5.74, 6) is 2.17. The molecule has 0 radical (unpaired) electrons. The fourth-order valence-electron chi connectivity index (χ4n) is 2.54. The van der Waals surface area contributed by atoms with Crippen molar-refractivity contribution < 1.29 is 0 Å². The van der Waals surface area contributed by atoms with Gasteiger partial charge in [-0.15, -0.1) is 0 Å². The highest BCUT2D eigenvalue weighted by Gasteiger charge is 2.23. The van der Waals surface area contributed by atoms with Crippen LogP contribution in [0, 0.1) is 0 Å². The van der Waals surface area contributed by atoms with E-state index in [0.717, 1.165) is 5.92 Å². The van der Waals surface area contributed by atoms with E-state index in [1.807, 2.05) is 0 Å². The van der Waals surface area contributed by atoms with E-state index >= 15 is 0 Å². The first-order chi connectivity index (χ1) is 7.59. The lowest BCUT2D eigenvalue weighted by Crippen LogP contribution is -2.12. The molecule has 0 N–H and O–H groups in total. The van der Waals surface area contributed by atoms with Crippen LogP contribution in [0.25, 0.3) is 0 Å². The largest absolute Gasteiger partial charge is 0.0587 e. The minimum Gasteiger partial charge on any atom is -0.0587 e. The average Bonchev–Trinajstić information content (AvgIpc) is 2.14. The number of hydrogen-bond donors (Lipinski definition) is 0. The molecule has 0 amide bonds. The summed E-state index contributed by atoms with van der Waals surface area (Å²) in [6, 6.07) is 7.18. The Labute approximate surface area is 100 Å². The zero-order valence-electron chi connectivity index (χ0n) is 11.1. The molecule has 2 rings (SSSR count). The van der Waals surface area contributed by atoms with Gasteiger partial charge >= 0.3 is 0 Å². The van der Waals surface area contributed by atoms with Gasteiger partial charge in [0.25, 0.3) is 0 Å². The summed E-state index contributed by atoms with van der Waals surface area (Å²) in [5.41, 5.74) is 4.72. The maximum Gasteiger partial charge on any atom is -0.0159 e. The van der Waals surface area contributed by atoms with Crippen LogP contribution >= 0.6 is 0 Å². The van der Waals surface area contributed by atoms with Gasteiger partial charge in [-0.2, -0.15) is 0 Å². The molecule has 1 aliphatic rings. The second kappa shape index (κ2) is 4.61. The molecule has 0 bridgehead atoms. The zero-order valence-corrected chi connectivity index (χ0v) is 11.1. The maximum atomic E-state index is 2.45. The van der Waals surface area contributed by atoms with Gasteiger partial charge in [0, 0.05) is 0 Å². The van der Waals surface area contributed by atoms with Gasteiger partial charge in [-0.25, -0.2) is 0 Å². The van der Waals surface area contributed by atoms with E-state index in [-0.39, 0.29) is 0 Å². The Morgan fingerprint density at radius 3 is 2.12 bits per heavy atom. The Morgan fingerprint density at radius 2 is 1.69 bits per heavy atom. The molecule has 16 heavy (non-hydrogen) atoms. The predicted octanol–water partition coefficient (Wildman–Crippen LogP) is 5.20. The number of hydrogen-bond acceptors (Lipinski definition) is 0. The summed E-state index contributed by atoms with van der Waals surface area (Å²) in [6.07, 6.45) is 4.23. The Morgan fingerprint density at radius 1 is 1.00 bits per heavy atom. The molecule has 1 aromatic carbocycles. The van der Waals surface area contributed by atoms with Crippen molar-refractivity contribution in [2.45, 2.75) is 64.7 Å². The van der Waals surface area contributed by atoms with Crippen LogP contribution in [0.4, 0.5) is 0 Å². The van der Waals surface area contributed by atoms with E-state index in [2.05, 4.69) is 45.9 Å². The number of rotatable bonds is 3. The lowest BCUT2D eigenvalue weighted by molar-refractivity contribution is 0.416. The highest BCUT2D eigenvalue weighted by Crippen LogP contribution is 2.40. The quantitative estimate of drug-likeness (QED) is 0.651. The smallest absolute Gasteiger partial charge is 0.0159 e. The van der Waals surface area contributed by atoms with Crippen molar-refractivity contribution in [3.8, 4) is 0 Å². The van der Waals surface area contributed by atoms with E-state index in [1.54, 1.807) is 11.1 Å². The summed E-state index contributed by atoms with van der Waals surface area (Å²) >= 11 is 0. The highest BCUT2D eigenvalue weighted by molar-refractivity contribution is 5.38. The fourth-order valence-corrected chi connectivity index (χ4v) is 2.54. The fraction of sp³-hybridized carbons (Fsp3) is 0.625. The molecule has 0 heteroatoms. The molecule has 0 unspecified atom stereocenters. The summed E-state index contributed by atoms with van der Waals surface area (Å²) in [6.45, 7) is 9.20. The van der Waals surface area contributed by atoms with Gasteiger partial charge in [0.15, 0.2) is 0 Å². The maximum absolute atomic E-state index is 2.45. The van der Waals surface area contributed by atoms with Crippen LogP contribution in [-0.4, -0.2) is 0 Å². The lowest BCUT2D eigenvalue weighted by atomic mass is 9.76. The molecule has 0 aromatic heterocycles. The van der Waals surface area contributed by atoms with Crippen molar-refractivity contribution >= 4 is 0 Å². The van der Waals surface area contributed by atoms with E-state index in [4.69, 9.17) is 0 Å². The van der Waals surface area contributed by atoms with E-state index in [1.165, 1.54) is 24.8 Å². The summed E-state index contributed by atoms with van der Waals surface area (Å²) in [7, 11) is 0. The van der Waals surface area contributed by atoms with Gasteiger partial charge in [-0.05, 0) is 47.3 Å². The molecular formula is C16H24. The van der Waals surface area contributed by atoms with Crippen LogP contribution < -0.4 is 0 Å². The topological polar surface area (TPSA) is 0 Å². The average molecular weight is 216 g/mol. The number of benzene rings is 1. The monoisotopic (exact) mass is 216 g/mol. The van der Waals surface area contributed by atoms with Crippen molar-refractivity contribution in [1.29, 1.82) is 0 Å². The zero-order chi connectivity index (χ0) is 11.7. The molecule has 1 fully saturated rings. The van der Waals surface area contributed by atoms with E-state index < -0.39 is 0 Å². The first-order valence-corrected chi connectivity index (χ1v) is 6.73. The summed E-state index contributed by atoms with van der Waals surface area (Å²) in [4.78, 5) is 0. The van der Waals surface area contributed by atoms with Gasteiger partial charge < -0.3 is 0 Å². The second-order valence-electron chi connectivity index (χ2n) is 5.83. The molecule has 0 spiro atoms. The van der Waals surface area contributed by atoms with Crippen molar-refractivity contribution in [2.24, 2.45) is 0 Å². The van der Waals surface area contributed by atoms with Crippen LogP contribution in [-0.2, 0) is 0 Å². The molecule has 0 nitrogen and oxygen atoms in total. The molecule has 88 valence electrons. The van der Waals surface area contributed by atoms with Crippen LogP contribution in [0.1, 0.15) is 81.4 Å². The molecule has 1 aliphatic carbocycles. The molecule has 0 atom stereocenters. The SMILES string of the molecule is CC(C)c1ccc(C2CCC2)c(C(C)C)c1. The van der Waals surface area contributed by atoms with Gasteiger partial charge in [0.05, 0.1) is 0 Å². The first-order valence-electron chi connectivity index (χ1n) is 6.73. The third-order valence-electron chi connectivity index (χ3n) is 3.94. The van der Waals surface area contributed by atoms with Gasteiger partial charge in [-0.1, -0.05) is 52.3 Å². The molecule has 0 aliphatic heterocycles. The second-order valence-corrected chi connectivity index (χ2v) is 5.83. The first kappa shape index (κ1) is 11.7. The summed E-state index contributed by atoms with van der Waals surface area (Å²) < 4.78 is 0. The predicted molar refractivity (Wildman–Crippen MR) is 71.2 cm³/mol. The Kier molecular flexibility index (Phi) is 3.37. The Balaban J connectivity index is 2.36. The molecule has 0 heterocycles. The van der Waals surface area contributed by atoms with Crippen molar-refractivity contribution in [2.75, 3.05) is 0 Å². The third kappa shape index (κ3) is 2.16. The van der Waals surface area contributed by atoms with Crippen molar-refractivity contribution in [1.82, 2.24) is 0 Å². The van der Waals surface area contributed by atoms with Crippen LogP contribution in [0.15, 0.2) is 18.2 Å². The molecule has 0 saturated heterocycles. The van der Waals surface area contributed by atoms with E-state index in [9.17, 15) is 0 Å². The van der Waals surface area contributed by atoms with Crippen LogP contribution in [0.3, 0.4) is 0 Å². The standard InChI is InChI=1S/C16H24/c1-11(2)14-8-9-15(13-6-5-7-13)16(10-14)12(3)4/h8-13H,5-7H2,1-4H3. The molecule has 1 aromatic rings. The molecular weight excluding hydrogens is 192 g/mol. The summed E-state index contributed by atoms with van der Waals surface area (Å²) in [5, 5.41) is 0. The Hall–Kier alpha value is -0.780. The lowest BCUT2D eigenvalue weighted by Gasteiger charge is -2.29. The molecule has 1 saturated carbocycles. The van der Waals surface area contributed by atoms with Crippen LogP contribution in [0.2, 0.25) is 0 Å². The van der Waals surface area contributed by atoms with Crippen molar-refractivity contribution in [3.05, 3.63) is 34.9 Å². The van der Waals surface area contributed by atoms with E-state index in [0.29, 0.717) is 11.8 Å². The van der Waals surface area contributed by atoms with Gasteiger partial charge in [0.2, 0.25) is 0 Å². The third-order valence-corrected chi connectivity index (χ3v) is 3.94. The Bertz CT molecular complexity index is 356. The van der Waals surface area contributed by atoms with Crippen LogP contribution in [0.5, 0.6) is 0 Å². The minimum absolute atomic E-state index is 0.646. The minimum atomic E-state index is 0.646. The normalized spacial score (nSPS) is 16.9. The van der Waals surface area contributed by atoms with Crippen molar-refractivity contribution in [3.63, 3.8) is 0 Å². The highest BCUT2D eigenvalue weighted by atomic mass is 14.3. The van der Waals surface area contributed by atoms with Gasteiger partial charge in [0.1, 0.15) is 0 Å².